The lowest BCUT2D eigenvalue weighted by molar-refractivity contribution is 0.0735. The molecule has 0 saturated carbocycles. The second kappa shape index (κ2) is 7.78. The minimum absolute atomic E-state index is 0.311. The minimum Gasteiger partial charge on any atom is -0.423 e. The number of nitrogens with one attached hydrogen (secondary N) is 1. The summed E-state index contributed by atoms with van der Waals surface area (Å²) in [7, 11) is 0. The summed E-state index contributed by atoms with van der Waals surface area (Å²) < 4.78 is 5.36. The van der Waals surface area contributed by atoms with Gasteiger partial charge in [0.2, 0.25) is 5.13 Å². The van der Waals surface area contributed by atoms with Crippen LogP contribution >= 0.6 is 22.9 Å². The van der Waals surface area contributed by atoms with Crippen LogP contribution < -0.4 is 15.9 Å². The van der Waals surface area contributed by atoms with Crippen molar-refractivity contribution in [2.75, 3.05) is 11.2 Å². The highest BCUT2D eigenvalue weighted by Gasteiger charge is 2.12. The third-order valence-corrected chi connectivity index (χ3v) is 4.15. The van der Waals surface area contributed by atoms with Gasteiger partial charge in [-0.25, -0.2) is 9.78 Å². The third-order valence-electron chi connectivity index (χ3n) is 3.06. The summed E-state index contributed by atoms with van der Waals surface area (Å²) in [6.07, 6.45) is 1.59. The SMILES string of the molecule is Nc1csc(NN=Cc2cccc(OC(=O)c3ccccc3Cl)c2)n1. The molecule has 2 aromatic carbocycles. The minimum atomic E-state index is -0.518. The van der Waals surface area contributed by atoms with Gasteiger partial charge >= 0.3 is 5.97 Å². The van der Waals surface area contributed by atoms with E-state index in [1.165, 1.54) is 11.3 Å². The van der Waals surface area contributed by atoms with Crippen molar-refractivity contribution in [2.45, 2.75) is 0 Å². The van der Waals surface area contributed by atoms with Crippen LogP contribution in [0.2, 0.25) is 5.02 Å². The number of aromatic nitrogens is 1. The number of nitrogens with zero attached hydrogens (tertiary/aromatic N) is 2. The van der Waals surface area contributed by atoms with Crippen molar-refractivity contribution in [1.82, 2.24) is 4.98 Å². The molecule has 1 heterocycles. The monoisotopic (exact) mass is 372 g/mol. The van der Waals surface area contributed by atoms with Crippen LogP contribution in [0, 0.1) is 0 Å². The molecule has 6 nitrogen and oxygen atoms in total. The summed E-state index contributed by atoms with van der Waals surface area (Å²) in [6, 6.07) is 13.7. The van der Waals surface area contributed by atoms with E-state index in [4.69, 9.17) is 22.1 Å². The molecule has 0 bridgehead atoms. The summed E-state index contributed by atoms with van der Waals surface area (Å²) in [6.45, 7) is 0. The molecule has 3 aromatic rings. The van der Waals surface area contributed by atoms with Gasteiger partial charge in [0.05, 0.1) is 16.8 Å². The molecule has 3 rings (SSSR count). The van der Waals surface area contributed by atoms with Gasteiger partial charge in [-0.2, -0.15) is 5.10 Å². The number of anilines is 2. The summed E-state index contributed by atoms with van der Waals surface area (Å²) in [5, 5.41) is 6.73. The van der Waals surface area contributed by atoms with Crippen LogP contribution in [-0.4, -0.2) is 17.2 Å². The Morgan fingerprint density at radius 1 is 1.28 bits per heavy atom. The number of nitrogens with two attached hydrogens (primary N) is 1. The molecule has 25 heavy (non-hydrogen) atoms. The molecule has 0 unspecified atom stereocenters. The number of hydrazone groups is 1. The van der Waals surface area contributed by atoms with Crippen LogP contribution in [0.5, 0.6) is 5.75 Å². The molecule has 126 valence electrons. The fourth-order valence-corrected chi connectivity index (χ4v) is 2.71. The average Bonchev–Trinajstić information content (AvgIpc) is 3.01. The van der Waals surface area contributed by atoms with Crippen molar-refractivity contribution < 1.29 is 9.53 Å². The highest BCUT2D eigenvalue weighted by molar-refractivity contribution is 7.14. The number of halogens is 1. The predicted molar refractivity (Wildman–Crippen MR) is 101 cm³/mol. The quantitative estimate of drug-likeness (QED) is 0.305. The number of hydrogen-bond acceptors (Lipinski definition) is 7. The number of esters is 1. The van der Waals surface area contributed by atoms with Crippen LogP contribution in [0.4, 0.5) is 10.9 Å². The predicted octanol–water partition coefficient (Wildman–Crippen LogP) is 4.04. The Labute approximate surface area is 152 Å². The zero-order valence-electron chi connectivity index (χ0n) is 12.8. The van der Waals surface area contributed by atoms with Gasteiger partial charge in [-0.05, 0) is 29.8 Å². The summed E-state index contributed by atoms with van der Waals surface area (Å²) in [5.41, 5.74) is 9.38. The van der Waals surface area contributed by atoms with E-state index in [0.717, 1.165) is 5.56 Å². The third kappa shape index (κ3) is 4.56. The van der Waals surface area contributed by atoms with Crippen LogP contribution in [-0.2, 0) is 0 Å². The molecule has 3 N–H and O–H groups in total. The Balaban J connectivity index is 1.67. The van der Waals surface area contributed by atoms with Crippen LogP contribution in [0.25, 0.3) is 0 Å². The molecule has 0 saturated heterocycles. The van der Waals surface area contributed by atoms with Gasteiger partial charge in [0, 0.05) is 5.38 Å². The molecule has 0 radical (unpaired) electrons. The number of ether oxygens (including phenoxy) is 1. The maximum Gasteiger partial charge on any atom is 0.345 e. The Hall–Kier alpha value is -2.90. The van der Waals surface area contributed by atoms with Crippen LogP contribution in [0.3, 0.4) is 0 Å². The molecule has 0 amide bonds. The lowest BCUT2D eigenvalue weighted by Crippen LogP contribution is -2.09. The van der Waals surface area contributed by atoms with Crippen molar-refractivity contribution in [3.8, 4) is 5.75 Å². The average molecular weight is 373 g/mol. The van der Waals surface area contributed by atoms with E-state index in [9.17, 15) is 4.79 Å². The summed E-state index contributed by atoms with van der Waals surface area (Å²) in [4.78, 5) is 16.2. The van der Waals surface area contributed by atoms with E-state index in [-0.39, 0.29) is 0 Å². The fraction of sp³-hybridized carbons (Fsp3) is 0. The first-order valence-electron chi connectivity index (χ1n) is 7.18. The number of benzene rings is 2. The first kappa shape index (κ1) is 16.9. The number of rotatable bonds is 5. The van der Waals surface area contributed by atoms with Gasteiger partial charge in [-0.3, -0.25) is 5.43 Å². The van der Waals surface area contributed by atoms with E-state index in [0.29, 0.717) is 27.3 Å². The topological polar surface area (TPSA) is 89.6 Å². The van der Waals surface area contributed by atoms with Gasteiger partial charge in [0.15, 0.2) is 0 Å². The molecule has 8 heteroatoms. The van der Waals surface area contributed by atoms with E-state index >= 15 is 0 Å². The zero-order chi connectivity index (χ0) is 17.6. The lowest BCUT2D eigenvalue weighted by atomic mass is 10.2. The second-order valence-electron chi connectivity index (χ2n) is 4.89. The molecule has 0 atom stereocenters. The van der Waals surface area contributed by atoms with Crippen LogP contribution in [0.1, 0.15) is 15.9 Å². The highest BCUT2D eigenvalue weighted by atomic mass is 35.5. The number of hydrogen-bond donors (Lipinski definition) is 2. The smallest absolute Gasteiger partial charge is 0.345 e. The van der Waals surface area contributed by atoms with E-state index in [1.807, 2.05) is 6.07 Å². The molecular formula is C17H13ClN4O2S. The van der Waals surface area contributed by atoms with Gasteiger partial charge in [0.1, 0.15) is 11.6 Å². The number of carbonyl (C=O) groups is 1. The lowest BCUT2D eigenvalue weighted by Gasteiger charge is -2.06. The molecular weight excluding hydrogens is 360 g/mol. The molecule has 0 fully saturated rings. The van der Waals surface area contributed by atoms with Crippen molar-refractivity contribution >= 4 is 46.1 Å². The molecule has 0 aliphatic heterocycles. The standard InChI is InChI=1S/C17H13ClN4O2S/c18-14-7-2-1-6-13(14)16(23)24-12-5-3-4-11(8-12)9-20-22-17-21-15(19)10-25-17/h1-10H,19H2,(H,21,22). The maximum absolute atomic E-state index is 12.2. The number of thiazole rings is 1. The van der Waals surface area contributed by atoms with Crippen LogP contribution in [0.15, 0.2) is 59.0 Å². The molecule has 0 spiro atoms. The second-order valence-corrected chi connectivity index (χ2v) is 6.15. The van der Waals surface area contributed by atoms with Gasteiger partial charge in [-0.15, -0.1) is 11.3 Å². The van der Waals surface area contributed by atoms with E-state index in [1.54, 1.807) is 54.1 Å². The normalized spacial score (nSPS) is 10.8. The van der Waals surface area contributed by atoms with Gasteiger partial charge in [0.25, 0.3) is 0 Å². The largest absolute Gasteiger partial charge is 0.423 e. The Kier molecular flexibility index (Phi) is 5.27. The highest BCUT2D eigenvalue weighted by Crippen LogP contribution is 2.19. The molecule has 0 aliphatic rings. The van der Waals surface area contributed by atoms with Gasteiger partial charge < -0.3 is 10.5 Å². The van der Waals surface area contributed by atoms with Crippen molar-refractivity contribution in [2.24, 2.45) is 5.10 Å². The van der Waals surface area contributed by atoms with Gasteiger partial charge in [-0.1, -0.05) is 35.9 Å². The van der Waals surface area contributed by atoms with E-state index < -0.39 is 5.97 Å². The maximum atomic E-state index is 12.2. The van der Waals surface area contributed by atoms with Crippen molar-refractivity contribution in [3.63, 3.8) is 0 Å². The number of carbonyl (C=O) groups excluding carboxylic acids is 1. The van der Waals surface area contributed by atoms with E-state index in [2.05, 4.69) is 15.5 Å². The Bertz CT molecular complexity index is 926. The molecule has 1 aromatic heterocycles. The first-order valence-corrected chi connectivity index (χ1v) is 8.44. The first-order chi connectivity index (χ1) is 12.1. The summed E-state index contributed by atoms with van der Waals surface area (Å²) >= 11 is 7.35. The Morgan fingerprint density at radius 2 is 2.12 bits per heavy atom. The Morgan fingerprint density at radius 3 is 2.88 bits per heavy atom. The van der Waals surface area contributed by atoms with Crippen molar-refractivity contribution in [3.05, 3.63) is 70.1 Å². The number of nitrogen functional groups attached to an aromatic ring is 1. The summed E-state index contributed by atoms with van der Waals surface area (Å²) in [5.74, 6) is 0.319. The van der Waals surface area contributed by atoms with Crippen molar-refractivity contribution in [1.29, 1.82) is 0 Å². The zero-order valence-corrected chi connectivity index (χ0v) is 14.4. The fourth-order valence-electron chi connectivity index (χ4n) is 1.95. The molecule has 0 aliphatic carbocycles.